The molecule has 1 saturated heterocycles. The molecule has 0 aliphatic carbocycles. The van der Waals surface area contributed by atoms with Gasteiger partial charge in [-0.15, -0.1) is 0 Å². The summed E-state index contributed by atoms with van der Waals surface area (Å²) in [5, 5.41) is 0. The van der Waals surface area contributed by atoms with Crippen LogP contribution in [0.1, 0.15) is 12.0 Å². The van der Waals surface area contributed by atoms with E-state index in [1.165, 1.54) is 30.3 Å². The molecule has 2 aromatic carbocycles. The Hall–Kier alpha value is -2.13. The van der Waals surface area contributed by atoms with Crippen LogP contribution >= 0.6 is 0 Å². The van der Waals surface area contributed by atoms with Crippen LogP contribution < -0.4 is 4.90 Å². The van der Waals surface area contributed by atoms with Crippen molar-refractivity contribution in [3.8, 4) is 0 Å². The van der Waals surface area contributed by atoms with Crippen LogP contribution in [0.2, 0.25) is 0 Å². The number of sulfone groups is 1. The SMILES string of the molecule is O=S(=O)(c1ccccc1N1CCCN(Cc2ccc(F)cc2)CC1)C(F)(F)F. The number of nitrogens with zero attached hydrogens (tertiary/aromatic N) is 2. The lowest BCUT2D eigenvalue weighted by Gasteiger charge is -2.26. The minimum absolute atomic E-state index is 0.0726. The fourth-order valence-corrected chi connectivity index (χ4v) is 4.27. The molecule has 1 aliphatic rings. The van der Waals surface area contributed by atoms with E-state index in [4.69, 9.17) is 0 Å². The maximum absolute atomic E-state index is 13.0. The fraction of sp³-hybridized carbons (Fsp3) is 0.368. The van der Waals surface area contributed by atoms with Crippen LogP contribution in [-0.2, 0) is 16.4 Å². The Labute approximate surface area is 161 Å². The number of anilines is 1. The van der Waals surface area contributed by atoms with Crippen molar-refractivity contribution in [1.82, 2.24) is 4.90 Å². The molecule has 28 heavy (non-hydrogen) atoms. The van der Waals surface area contributed by atoms with E-state index in [1.807, 2.05) is 0 Å². The van der Waals surface area contributed by atoms with E-state index in [2.05, 4.69) is 4.90 Å². The van der Waals surface area contributed by atoms with Gasteiger partial charge in [-0.25, -0.2) is 12.8 Å². The molecule has 2 aromatic rings. The number of halogens is 4. The van der Waals surface area contributed by atoms with Crippen molar-refractivity contribution in [2.24, 2.45) is 0 Å². The molecule has 0 unspecified atom stereocenters. The van der Waals surface area contributed by atoms with Crippen LogP contribution in [0.4, 0.5) is 23.2 Å². The topological polar surface area (TPSA) is 40.6 Å². The first kappa shape index (κ1) is 20.6. The van der Waals surface area contributed by atoms with Gasteiger partial charge < -0.3 is 4.90 Å². The van der Waals surface area contributed by atoms with Crippen molar-refractivity contribution in [2.75, 3.05) is 31.1 Å². The normalized spacial score (nSPS) is 16.8. The highest BCUT2D eigenvalue weighted by Gasteiger charge is 2.48. The van der Waals surface area contributed by atoms with Crippen molar-refractivity contribution in [1.29, 1.82) is 0 Å². The molecule has 1 fully saturated rings. The molecule has 0 N–H and O–H groups in total. The lowest BCUT2D eigenvalue weighted by atomic mass is 10.2. The van der Waals surface area contributed by atoms with E-state index in [-0.39, 0.29) is 11.5 Å². The summed E-state index contributed by atoms with van der Waals surface area (Å²) >= 11 is 0. The molecule has 0 saturated carbocycles. The van der Waals surface area contributed by atoms with Crippen LogP contribution in [0, 0.1) is 5.82 Å². The molecule has 0 radical (unpaired) electrons. The maximum atomic E-state index is 13.0. The largest absolute Gasteiger partial charge is 0.501 e. The summed E-state index contributed by atoms with van der Waals surface area (Å²) in [6.45, 7) is 2.70. The number of benzene rings is 2. The maximum Gasteiger partial charge on any atom is 0.501 e. The monoisotopic (exact) mass is 416 g/mol. The van der Waals surface area contributed by atoms with Crippen molar-refractivity contribution >= 4 is 15.5 Å². The van der Waals surface area contributed by atoms with Gasteiger partial charge in [0.2, 0.25) is 0 Å². The second-order valence-electron chi connectivity index (χ2n) is 6.66. The van der Waals surface area contributed by atoms with Gasteiger partial charge in [-0.3, -0.25) is 4.90 Å². The van der Waals surface area contributed by atoms with E-state index < -0.39 is 20.2 Å². The van der Waals surface area contributed by atoms with Crippen LogP contribution in [0.15, 0.2) is 53.4 Å². The van der Waals surface area contributed by atoms with Crippen molar-refractivity contribution in [3.05, 3.63) is 59.9 Å². The Balaban J connectivity index is 1.77. The first-order chi connectivity index (χ1) is 13.2. The zero-order chi connectivity index (χ0) is 20.4. The lowest BCUT2D eigenvalue weighted by Crippen LogP contribution is -2.32. The van der Waals surface area contributed by atoms with E-state index in [0.29, 0.717) is 39.1 Å². The van der Waals surface area contributed by atoms with Gasteiger partial charge in [0.25, 0.3) is 9.84 Å². The van der Waals surface area contributed by atoms with E-state index in [9.17, 15) is 26.0 Å². The van der Waals surface area contributed by atoms with Gasteiger partial charge in [0.1, 0.15) is 5.82 Å². The van der Waals surface area contributed by atoms with Crippen molar-refractivity contribution in [3.63, 3.8) is 0 Å². The molecular formula is C19H20F4N2O2S. The second-order valence-corrected chi connectivity index (χ2v) is 8.57. The van der Waals surface area contributed by atoms with Gasteiger partial charge in [0, 0.05) is 32.7 Å². The zero-order valence-corrected chi connectivity index (χ0v) is 15.8. The first-order valence-electron chi connectivity index (χ1n) is 8.80. The molecule has 4 nitrogen and oxygen atoms in total. The summed E-state index contributed by atoms with van der Waals surface area (Å²) in [5.74, 6) is -0.312. The average molecular weight is 416 g/mol. The molecular weight excluding hydrogens is 396 g/mol. The Morgan fingerprint density at radius 2 is 1.57 bits per heavy atom. The van der Waals surface area contributed by atoms with Crippen LogP contribution in [-0.4, -0.2) is 45.0 Å². The molecule has 3 rings (SSSR count). The predicted molar refractivity (Wildman–Crippen MR) is 98.2 cm³/mol. The highest BCUT2D eigenvalue weighted by Crippen LogP contribution is 2.36. The lowest BCUT2D eigenvalue weighted by molar-refractivity contribution is -0.0435. The second kappa shape index (κ2) is 8.08. The molecule has 0 bridgehead atoms. The minimum Gasteiger partial charge on any atom is -0.369 e. The third-order valence-corrected chi connectivity index (χ3v) is 6.24. The van der Waals surface area contributed by atoms with Gasteiger partial charge in [0.05, 0.1) is 10.6 Å². The average Bonchev–Trinajstić information content (AvgIpc) is 2.88. The number of alkyl halides is 3. The highest BCUT2D eigenvalue weighted by molar-refractivity contribution is 7.92. The molecule has 1 aliphatic heterocycles. The summed E-state index contributed by atoms with van der Waals surface area (Å²) in [7, 11) is -5.43. The zero-order valence-electron chi connectivity index (χ0n) is 15.0. The molecule has 152 valence electrons. The molecule has 0 amide bonds. The van der Waals surface area contributed by atoms with Gasteiger partial charge in [-0.1, -0.05) is 24.3 Å². The van der Waals surface area contributed by atoms with E-state index in [1.54, 1.807) is 17.0 Å². The van der Waals surface area contributed by atoms with Gasteiger partial charge >= 0.3 is 5.51 Å². The first-order valence-corrected chi connectivity index (χ1v) is 10.3. The number of rotatable bonds is 4. The van der Waals surface area contributed by atoms with E-state index in [0.717, 1.165) is 11.6 Å². The van der Waals surface area contributed by atoms with Gasteiger partial charge in [-0.2, -0.15) is 13.2 Å². The number of hydrogen-bond donors (Lipinski definition) is 0. The quantitative estimate of drug-likeness (QED) is 0.711. The summed E-state index contributed by atoms with van der Waals surface area (Å²) in [4.78, 5) is 3.09. The molecule has 1 heterocycles. The van der Waals surface area contributed by atoms with Crippen LogP contribution in [0.5, 0.6) is 0 Å². The predicted octanol–water partition coefficient (Wildman–Crippen LogP) is 3.83. The Morgan fingerprint density at radius 1 is 0.893 bits per heavy atom. The summed E-state index contributed by atoms with van der Waals surface area (Å²) in [6, 6.07) is 11.4. The van der Waals surface area contributed by atoms with Crippen molar-refractivity contribution in [2.45, 2.75) is 23.4 Å². The Kier molecular flexibility index (Phi) is 5.95. The van der Waals surface area contributed by atoms with E-state index >= 15 is 0 Å². The van der Waals surface area contributed by atoms with Crippen LogP contribution in [0.3, 0.4) is 0 Å². The summed E-state index contributed by atoms with van der Waals surface area (Å²) in [6.07, 6.45) is 0.668. The smallest absolute Gasteiger partial charge is 0.369 e. The van der Waals surface area contributed by atoms with Crippen LogP contribution in [0.25, 0.3) is 0 Å². The third kappa shape index (κ3) is 4.47. The highest BCUT2D eigenvalue weighted by atomic mass is 32.2. The van der Waals surface area contributed by atoms with Gasteiger partial charge in [-0.05, 0) is 36.2 Å². The molecule has 0 atom stereocenters. The Morgan fingerprint density at radius 3 is 2.25 bits per heavy atom. The number of para-hydroxylation sites is 1. The molecule has 9 heteroatoms. The Bertz CT molecular complexity index is 914. The summed E-state index contributed by atoms with van der Waals surface area (Å²) in [5.41, 5.74) is -4.33. The fourth-order valence-electron chi connectivity index (χ4n) is 3.29. The third-order valence-electron chi connectivity index (χ3n) is 4.71. The summed E-state index contributed by atoms with van der Waals surface area (Å²) < 4.78 is 76.0. The molecule has 0 aromatic heterocycles. The van der Waals surface area contributed by atoms with Gasteiger partial charge in [0.15, 0.2) is 0 Å². The minimum atomic E-state index is -5.43. The van der Waals surface area contributed by atoms with Crippen molar-refractivity contribution < 1.29 is 26.0 Å². The number of hydrogen-bond acceptors (Lipinski definition) is 4. The molecule has 0 spiro atoms. The standard InChI is InChI=1S/C19H20F4N2O2S/c20-16-8-6-15(7-9-16)14-24-10-3-11-25(13-12-24)17-4-1-2-5-18(17)28(26,27)19(21,22)23/h1-2,4-9H,3,10-14H2.